The maximum absolute atomic E-state index is 5.50. The molecule has 5 heteroatoms. The van der Waals surface area contributed by atoms with Crippen LogP contribution in [0.4, 0.5) is 11.4 Å². The lowest BCUT2D eigenvalue weighted by molar-refractivity contribution is 0.415. The van der Waals surface area contributed by atoms with Gasteiger partial charge in [-0.2, -0.15) is 0 Å². The molecule has 0 radical (unpaired) electrons. The van der Waals surface area contributed by atoms with Gasteiger partial charge < -0.3 is 20.7 Å². The quantitative estimate of drug-likeness (QED) is 0.833. The highest BCUT2D eigenvalue weighted by atomic mass is 32.1. The molecule has 0 aliphatic carbocycles. The zero-order valence-corrected chi connectivity index (χ0v) is 12.3. The fourth-order valence-electron chi connectivity index (χ4n) is 2.38. The third-order valence-corrected chi connectivity index (χ3v) is 3.69. The Morgan fingerprint density at radius 2 is 2.11 bits per heavy atom. The number of piperidine rings is 1. The van der Waals surface area contributed by atoms with E-state index >= 15 is 0 Å². The van der Waals surface area contributed by atoms with Gasteiger partial charge in [0.1, 0.15) is 5.75 Å². The molecule has 2 rings (SSSR count). The molecule has 4 nitrogen and oxygen atoms in total. The van der Waals surface area contributed by atoms with Gasteiger partial charge in [-0.3, -0.25) is 0 Å². The molecule has 0 unspecified atom stereocenters. The van der Waals surface area contributed by atoms with Crippen LogP contribution in [0.25, 0.3) is 0 Å². The van der Waals surface area contributed by atoms with Crippen molar-refractivity contribution in [2.24, 2.45) is 11.7 Å². The van der Waals surface area contributed by atoms with Gasteiger partial charge in [-0.1, -0.05) is 6.92 Å². The lowest BCUT2D eigenvalue weighted by atomic mass is 9.99. The topological polar surface area (TPSA) is 50.5 Å². The summed E-state index contributed by atoms with van der Waals surface area (Å²) in [5, 5.41) is 3.18. The number of nitrogens with one attached hydrogen (secondary N) is 1. The highest BCUT2D eigenvalue weighted by Gasteiger charge is 2.17. The number of nitrogens with zero attached hydrogens (tertiary/aromatic N) is 1. The summed E-state index contributed by atoms with van der Waals surface area (Å²) in [5.74, 6) is 1.60. The Balaban J connectivity index is 2.16. The van der Waals surface area contributed by atoms with E-state index in [0.29, 0.717) is 0 Å². The van der Waals surface area contributed by atoms with Gasteiger partial charge in [-0.25, -0.2) is 0 Å². The maximum atomic E-state index is 5.50. The van der Waals surface area contributed by atoms with E-state index in [4.69, 9.17) is 22.7 Å². The zero-order valence-electron chi connectivity index (χ0n) is 11.5. The van der Waals surface area contributed by atoms with E-state index in [-0.39, 0.29) is 5.11 Å². The molecule has 1 heterocycles. The molecule has 0 bridgehead atoms. The van der Waals surface area contributed by atoms with Crippen LogP contribution in [0.15, 0.2) is 18.2 Å². The van der Waals surface area contributed by atoms with Gasteiger partial charge in [0.25, 0.3) is 0 Å². The molecule has 0 saturated carbocycles. The van der Waals surface area contributed by atoms with Crippen LogP contribution in [-0.2, 0) is 0 Å². The maximum Gasteiger partial charge on any atom is 0.168 e. The fourth-order valence-corrected chi connectivity index (χ4v) is 2.49. The fraction of sp³-hybridized carbons (Fsp3) is 0.500. The Kier molecular flexibility index (Phi) is 4.47. The standard InChI is InChI=1S/C14H21N3OS/c1-10-5-7-17(8-6-10)11-3-4-12(16-14(15)19)13(9-11)18-2/h3-4,9-10H,5-8H2,1-2H3,(H3,15,16,19). The molecule has 1 aromatic rings. The van der Waals surface area contributed by atoms with E-state index in [1.807, 2.05) is 12.1 Å². The smallest absolute Gasteiger partial charge is 0.168 e. The van der Waals surface area contributed by atoms with Crippen LogP contribution in [0.3, 0.4) is 0 Å². The van der Waals surface area contributed by atoms with Crippen molar-refractivity contribution >= 4 is 28.7 Å². The van der Waals surface area contributed by atoms with E-state index in [0.717, 1.165) is 30.4 Å². The van der Waals surface area contributed by atoms with Gasteiger partial charge in [0.2, 0.25) is 0 Å². The van der Waals surface area contributed by atoms with E-state index < -0.39 is 0 Å². The monoisotopic (exact) mass is 279 g/mol. The van der Waals surface area contributed by atoms with E-state index in [9.17, 15) is 0 Å². The zero-order chi connectivity index (χ0) is 13.8. The average Bonchev–Trinajstić information content (AvgIpc) is 2.39. The lowest BCUT2D eigenvalue weighted by Gasteiger charge is -2.32. The highest BCUT2D eigenvalue weighted by Crippen LogP contribution is 2.31. The first-order valence-electron chi connectivity index (χ1n) is 6.59. The molecule has 1 aliphatic rings. The molecule has 1 fully saturated rings. The van der Waals surface area contributed by atoms with Crippen molar-refractivity contribution < 1.29 is 4.74 Å². The minimum atomic E-state index is 0.248. The first kappa shape index (κ1) is 13.9. The van der Waals surface area contributed by atoms with Crippen LogP contribution in [0.5, 0.6) is 5.75 Å². The van der Waals surface area contributed by atoms with Crippen LogP contribution in [0.1, 0.15) is 19.8 Å². The molecular weight excluding hydrogens is 258 g/mol. The molecule has 19 heavy (non-hydrogen) atoms. The molecule has 0 aromatic heterocycles. The van der Waals surface area contributed by atoms with Crippen molar-refractivity contribution in [1.82, 2.24) is 0 Å². The first-order valence-corrected chi connectivity index (χ1v) is 7.00. The highest BCUT2D eigenvalue weighted by molar-refractivity contribution is 7.80. The summed E-state index contributed by atoms with van der Waals surface area (Å²) in [6.45, 7) is 4.52. The molecule has 3 N–H and O–H groups in total. The average molecular weight is 279 g/mol. The van der Waals surface area contributed by atoms with Crippen LogP contribution in [0, 0.1) is 5.92 Å². The third kappa shape index (κ3) is 3.50. The number of ether oxygens (including phenoxy) is 1. The van der Waals surface area contributed by atoms with Crippen LogP contribution >= 0.6 is 12.2 Å². The minimum absolute atomic E-state index is 0.248. The summed E-state index contributed by atoms with van der Waals surface area (Å²) < 4.78 is 5.39. The van der Waals surface area contributed by atoms with E-state index in [1.54, 1.807) is 7.11 Å². The SMILES string of the molecule is COc1cc(N2CCC(C)CC2)ccc1NC(N)=S. The third-order valence-electron chi connectivity index (χ3n) is 3.59. The van der Waals surface area contributed by atoms with Gasteiger partial charge in [-0.05, 0) is 43.1 Å². The number of anilines is 2. The van der Waals surface area contributed by atoms with E-state index in [2.05, 4.69) is 23.2 Å². The summed E-state index contributed by atoms with van der Waals surface area (Å²) in [5.41, 5.74) is 7.50. The van der Waals surface area contributed by atoms with Crippen LogP contribution in [-0.4, -0.2) is 25.3 Å². The Bertz CT molecular complexity index is 456. The van der Waals surface area contributed by atoms with Gasteiger partial charge >= 0.3 is 0 Å². The van der Waals surface area contributed by atoms with Crippen molar-refractivity contribution in [1.29, 1.82) is 0 Å². The first-order chi connectivity index (χ1) is 9.10. The Morgan fingerprint density at radius 3 is 2.68 bits per heavy atom. The van der Waals surface area contributed by atoms with E-state index in [1.165, 1.54) is 18.5 Å². The van der Waals surface area contributed by atoms with Crippen LogP contribution < -0.4 is 20.7 Å². The minimum Gasteiger partial charge on any atom is -0.494 e. The summed E-state index contributed by atoms with van der Waals surface area (Å²) >= 11 is 4.86. The predicted molar refractivity (Wildman–Crippen MR) is 84.0 cm³/mol. The summed E-state index contributed by atoms with van der Waals surface area (Å²) in [7, 11) is 1.65. The number of thiocarbonyl (C=S) groups is 1. The summed E-state index contributed by atoms with van der Waals surface area (Å²) in [6.07, 6.45) is 2.49. The normalized spacial score (nSPS) is 16.2. The number of rotatable bonds is 3. The number of hydrogen-bond donors (Lipinski definition) is 2. The van der Waals surface area contributed by atoms with Crippen molar-refractivity contribution in [3.63, 3.8) is 0 Å². The molecule has 1 saturated heterocycles. The number of benzene rings is 1. The van der Waals surface area contributed by atoms with Gasteiger partial charge in [0.15, 0.2) is 5.11 Å². The van der Waals surface area contributed by atoms with Crippen molar-refractivity contribution in [3.05, 3.63) is 18.2 Å². The Labute approximate surface area is 119 Å². The number of hydrogen-bond acceptors (Lipinski definition) is 3. The molecule has 0 amide bonds. The second kappa shape index (κ2) is 6.10. The molecule has 104 valence electrons. The molecular formula is C14H21N3OS. The van der Waals surface area contributed by atoms with Crippen LogP contribution in [0.2, 0.25) is 0 Å². The number of nitrogens with two attached hydrogens (primary N) is 1. The molecule has 1 aliphatic heterocycles. The van der Waals surface area contributed by atoms with Gasteiger partial charge in [0.05, 0.1) is 12.8 Å². The molecule has 1 aromatic carbocycles. The predicted octanol–water partition coefficient (Wildman–Crippen LogP) is 2.59. The molecule has 0 spiro atoms. The second-order valence-corrected chi connectivity index (χ2v) is 5.48. The lowest BCUT2D eigenvalue weighted by Crippen LogP contribution is -2.32. The van der Waals surface area contributed by atoms with Crippen molar-refractivity contribution in [3.8, 4) is 5.75 Å². The van der Waals surface area contributed by atoms with Gasteiger partial charge in [0, 0.05) is 24.8 Å². The Hall–Kier alpha value is -1.49. The molecule has 0 atom stereocenters. The summed E-state index contributed by atoms with van der Waals surface area (Å²) in [4.78, 5) is 2.40. The van der Waals surface area contributed by atoms with Gasteiger partial charge in [-0.15, -0.1) is 0 Å². The van der Waals surface area contributed by atoms with Crippen molar-refractivity contribution in [2.75, 3.05) is 30.4 Å². The summed E-state index contributed by atoms with van der Waals surface area (Å²) in [6, 6.07) is 6.08. The Morgan fingerprint density at radius 1 is 1.42 bits per heavy atom. The largest absolute Gasteiger partial charge is 0.494 e. The second-order valence-electron chi connectivity index (χ2n) is 5.04. The number of methoxy groups -OCH3 is 1. The van der Waals surface area contributed by atoms with Crippen molar-refractivity contribution in [2.45, 2.75) is 19.8 Å².